The number of hydroxylamine groups is 2. The van der Waals surface area contributed by atoms with Gasteiger partial charge in [-0.05, 0) is 62.9 Å². The summed E-state index contributed by atoms with van der Waals surface area (Å²) in [6.07, 6.45) is 0.871. The Hall–Kier alpha value is -2.93. The SMILES string of the molecule is CC(C)C[C@@H](C(N)=O)N(C(=O)[C@H](C)N(C=O)OC(C)(C)C)c1ccc2ccccc2c1. The Morgan fingerprint density at radius 1 is 1.06 bits per heavy atom. The van der Waals surface area contributed by atoms with Crippen molar-refractivity contribution in [3.05, 3.63) is 42.5 Å². The molecule has 0 saturated carbocycles. The number of hydrogen-bond acceptors (Lipinski definition) is 4. The van der Waals surface area contributed by atoms with Crippen molar-refractivity contribution in [2.45, 2.75) is 65.6 Å². The molecule has 2 aromatic rings. The van der Waals surface area contributed by atoms with Gasteiger partial charge in [-0.1, -0.05) is 44.2 Å². The molecule has 0 radical (unpaired) electrons. The van der Waals surface area contributed by atoms with Gasteiger partial charge in [-0.15, -0.1) is 0 Å². The maximum absolute atomic E-state index is 13.6. The van der Waals surface area contributed by atoms with E-state index in [1.165, 1.54) is 4.90 Å². The van der Waals surface area contributed by atoms with Crippen LogP contribution in [-0.4, -0.2) is 41.0 Å². The molecule has 7 heteroatoms. The summed E-state index contributed by atoms with van der Waals surface area (Å²) in [5.74, 6) is -0.926. The maximum Gasteiger partial charge on any atom is 0.252 e. The van der Waals surface area contributed by atoms with Gasteiger partial charge in [-0.3, -0.25) is 24.1 Å². The number of hydrogen-bond donors (Lipinski definition) is 1. The van der Waals surface area contributed by atoms with Gasteiger partial charge in [0.15, 0.2) is 0 Å². The lowest BCUT2D eigenvalue weighted by Crippen LogP contribution is -2.55. The highest BCUT2D eigenvalue weighted by Crippen LogP contribution is 2.27. The van der Waals surface area contributed by atoms with Crippen molar-refractivity contribution in [1.29, 1.82) is 0 Å². The number of nitrogens with zero attached hydrogens (tertiary/aromatic N) is 2. The molecule has 0 bridgehead atoms. The fourth-order valence-corrected chi connectivity index (χ4v) is 3.40. The van der Waals surface area contributed by atoms with Gasteiger partial charge in [0.1, 0.15) is 12.1 Å². The zero-order valence-electron chi connectivity index (χ0n) is 19.2. The van der Waals surface area contributed by atoms with E-state index in [4.69, 9.17) is 10.6 Å². The number of nitrogens with two attached hydrogens (primary N) is 1. The van der Waals surface area contributed by atoms with E-state index in [1.807, 2.05) is 50.2 Å². The van der Waals surface area contributed by atoms with Crippen LogP contribution in [0.15, 0.2) is 42.5 Å². The van der Waals surface area contributed by atoms with Crippen LogP contribution < -0.4 is 10.6 Å². The summed E-state index contributed by atoms with van der Waals surface area (Å²) in [6.45, 7) is 10.8. The van der Waals surface area contributed by atoms with Crippen molar-refractivity contribution in [3.8, 4) is 0 Å². The summed E-state index contributed by atoms with van der Waals surface area (Å²) in [7, 11) is 0. The van der Waals surface area contributed by atoms with Crippen molar-refractivity contribution in [3.63, 3.8) is 0 Å². The van der Waals surface area contributed by atoms with Crippen LogP contribution in [0, 0.1) is 5.92 Å². The maximum atomic E-state index is 13.6. The zero-order chi connectivity index (χ0) is 23.3. The summed E-state index contributed by atoms with van der Waals surface area (Å²) in [4.78, 5) is 44.8. The fourth-order valence-electron chi connectivity index (χ4n) is 3.40. The number of amides is 3. The summed E-state index contributed by atoms with van der Waals surface area (Å²) in [5.41, 5.74) is 5.60. The molecule has 0 aliphatic rings. The molecule has 0 unspecified atom stereocenters. The monoisotopic (exact) mass is 427 g/mol. The highest BCUT2D eigenvalue weighted by Gasteiger charge is 2.36. The van der Waals surface area contributed by atoms with Crippen molar-refractivity contribution in [2.75, 3.05) is 4.90 Å². The first kappa shape index (κ1) is 24.3. The van der Waals surface area contributed by atoms with Crippen LogP contribution in [0.3, 0.4) is 0 Å². The molecular weight excluding hydrogens is 394 g/mol. The van der Waals surface area contributed by atoms with Crippen molar-refractivity contribution < 1.29 is 19.2 Å². The Bertz CT molecular complexity index is 936. The average Bonchev–Trinajstić information content (AvgIpc) is 2.69. The molecule has 0 saturated heterocycles. The lowest BCUT2D eigenvalue weighted by Gasteiger charge is -2.36. The Labute approximate surface area is 184 Å². The topological polar surface area (TPSA) is 92.9 Å². The molecule has 0 aliphatic heterocycles. The van der Waals surface area contributed by atoms with E-state index in [2.05, 4.69) is 0 Å². The normalized spacial score (nSPS) is 13.6. The minimum atomic E-state index is -0.961. The molecule has 2 N–H and O–H groups in total. The number of carbonyl (C=O) groups is 3. The minimum Gasteiger partial charge on any atom is -0.368 e. The van der Waals surface area contributed by atoms with Crippen LogP contribution in [0.25, 0.3) is 10.8 Å². The highest BCUT2D eigenvalue weighted by molar-refractivity contribution is 6.04. The molecule has 168 valence electrons. The first-order valence-corrected chi connectivity index (χ1v) is 10.5. The predicted octanol–water partition coefficient (Wildman–Crippen LogP) is 3.65. The molecule has 2 atom stereocenters. The number of carbonyl (C=O) groups excluding carboxylic acids is 3. The quantitative estimate of drug-likeness (QED) is 0.488. The lowest BCUT2D eigenvalue weighted by molar-refractivity contribution is -0.228. The van der Waals surface area contributed by atoms with E-state index in [0.717, 1.165) is 15.8 Å². The Morgan fingerprint density at radius 2 is 1.68 bits per heavy atom. The van der Waals surface area contributed by atoms with Crippen LogP contribution >= 0.6 is 0 Å². The second-order valence-electron chi connectivity index (χ2n) is 9.13. The molecule has 0 spiro atoms. The summed E-state index contributed by atoms with van der Waals surface area (Å²) in [6, 6.07) is 11.5. The molecule has 7 nitrogen and oxygen atoms in total. The summed E-state index contributed by atoms with van der Waals surface area (Å²) < 4.78 is 0. The lowest BCUT2D eigenvalue weighted by atomic mass is 9.99. The van der Waals surface area contributed by atoms with Gasteiger partial charge in [0.25, 0.3) is 5.91 Å². The molecule has 0 aliphatic carbocycles. The third-order valence-corrected chi connectivity index (χ3v) is 4.81. The molecular formula is C24H33N3O4. The van der Waals surface area contributed by atoms with Gasteiger partial charge >= 0.3 is 0 Å². The summed E-state index contributed by atoms with van der Waals surface area (Å²) >= 11 is 0. The molecule has 31 heavy (non-hydrogen) atoms. The minimum absolute atomic E-state index is 0.122. The van der Waals surface area contributed by atoms with Gasteiger partial charge in [0.2, 0.25) is 12.3 Å². The first-order chi connectivity index (χ1) is 14.4. The Balaban J connectivity index is 2.55. The third kappa shape index (κ3) is 6.28. The number of rotatable bonds is 9. The van der Waals surface area contributed by atoms with Crippen LogP contribution in [0.4, 0.5) is 5.69 Å². The van der Waals surface area contributed by atoms with E-state index in [9.17, 15) is 14.4 Å². The summed E-state index contributed by atoms with van der Waals surface area (Å²) in [5, 5.41) is 2.93. The van der Waals surface area contributed by atoms with E-state index >= 15 is 0 Å². The number of primary amides is 1. The predicted molar refractivity (Wildman–Crippen MR) is 122 cm³/mol. The Kier molecular flexibility index (Phi) is 7.79. The van der Waals surface area contributed by atoms with E-state index in [-0.39, 0.29) is 5.92 Å². The standard InChI is InChI=1S/C24H33N3O4/c1-16(2)13-21(22(25)29)27(20-12-11-18-9-7-8-10-19(18)14-20)23(30)17(3)26(15-28)31-24(4,5)6/h7-12,14-17,21H,13H2,1-6H3,(H2,25,29)/t17-,21-/m0/s1. The molecule has 0 heterocycles. The number of fused-ring (bicyclic) bond motifs is 1. The van der Waals surface area contributed by atoms with E-state index in [0.29, 0.717) is 18.5 Å². The van der Waals surface area contributed by atoms with Gasteiger partial charge < -0.3 is 5.73 Å². The van der Waals surface area contributed by atoms with E-state index in [1.54, 1.807) is 33.8 Å². The number of benzene rings is 2. The smallest absolute Gasteiger partial charge is 0.252 e. The Morgan fingerprint density at radius 3 is 2.19 bits per heavy atom. The van der Waals surface area contributed by atoms with Crippen LogP contribution in [0.1, 0.15) is 48.0 Å². The molecule has 0 fully saturated rings. The molecule has 2 rings (SSSR count). The fraction of sp³-hybridized carbons (Fsp3) is 0.458. The van der Waals surface area contributed by atoms with E-state index < -0.39 is 29.5 Å². The van der Waals surface area contributed by atoms with Gasteiger partial charge in [0, 0.05) is 5.69 Å². The van der Waals surface area contributed by atoms with Crippen LogP contribution in [0.5, 0.6) is 0 Å². The largest absolute Gasteiger partial charge is 0.368 e. The molecule has 0 aromatic heterocycles. The molecule has 2 aromatic carbocycles. The van der Waals surface area contributed by atoms with Gasteiger partial charge in [0.05, 0.1) is 5.60 Å². The second-order valence-corrected chi connectivity index (χ2v) is 9.13. The third-order valence-electron chi connectivity index (χ3n) is 4.81. The second kappa shape index (κ2) is 9.92. The van der Waals surface area contributed by atoms with Gasteiger partial charge in [-0.2, -0.15) is 0 Å². The zero-order valence-corrected chi connectivity index (χ0v) is 19.2. The average molecular weight is 428 g/mol. The van der Waals surface area contributed by atoms with Crippen LogP contribution in [-0.2, 0) is 19.2 Å². The van der Waals surface area contributed by atoms with Crippen LogP contribution in [0.2, 0.25) is 0 Å². The first-order valence-electron chi connectivity index (χ1n) is 10.5. The van der Waals surface area contributed by atoms with Gasteiger partial charge in [-0.25, -0.2) is 5.06 Å². The molecule has 3 amide bonds. The highest BCUT2D eigenvalue weighted by atomic mass is 16.7. The number of anilines is 1. The van der Waals surface area contributed by atoms with Crippen molar-refractivity contribution in [1.82, 2.24) is 5.06 Å². The van der Waals surface area contributed by atoms with Crippen molar-refractivity contribution >= 4 is 34.7 Å². The van der Waals surface area contributed by atoms with Crippen molar-refractivity contribution in [2.24, 2.45) is 11.7 Å².